The molecule has 0 spiro atoms. The van der Waals surface area contributed by atoms with E-state index < -0.39 is 0 Å². The van der Waals surface area contributed by atoms with Gasteiger partial charge in [-0.25, -0.2) is 4.98 Å². The van der Waals surface area contributed by atoms with E-state index >= 15 is 0 Å². The van der Waals surface area contributed by atoms with Gasteiger partial charge in [-0.05, 0) is 13.3 Å². The molecule has 1 atom stereocenters. The van der Waals surface area contributed by atoms with Gasteiger partial charge >= 0.3 is 0 Å². The highest BCUT2D eigenvalue weighted by atomic mass is 16.3. The second-order valence-electron chi connectivity index (χ2n) is 3.21. The molecular weight excluding hydrogens is 182 g/mol. The van der Waals surface area contributed by atoms with Crippen molar-refractivity contribution < 1.29 is 10.2 Å². The average Bonchev–Trinajstić information content (AvgIpc) is 2.53. The van der Waals surface area contributed by atoms with Crippen LogP contribution in [-0.4, -0.2) is 19.8 Å². The third-order valence-corrected chi connectivity index (χ3v) is 2.32. The fraction of sp³-hybridized carbons (Fsp3) is 0.667. The molecule has 5 nitrogen and oxygen atoms in total. The summed E-state index contributed by atoms with van der Waals surface area (Å²) in [6.07, 6.45) is 0.569. The monoisotopic (exact) mass is 199 g/mol. The van der Waals surface area contributed by atoms with Crippen molar-refractivity contribution in [2.45, 2.75) is 39.6 Å². The first kappa shape index (κ1) is 11.2. The molecule has 5 heteroatoms. The lowest BCUT2D eigenvalue weighted by Crippen LogP contribution is -2.21. The zero-order chi connectivity index (χ0) is 10.7. The van der Waals surface area contributed by atoms with Crippen molar-refractivity contribution in [2.24, 2.45) is 5.73 Å². The zero-order valence-electron chi connectivity index (χ0n) is 8.56. The summed E-state index contributed by atoms with van der Waals surface area (Å²) in [6.45, 7) is 3.46. The number of rotatable bonds is 4. The Bertz CT molecular complexity index is 309. The van der Waals surface area contributed by atoms with E-state index in [1.165, 1.54) is 0 Å². The molecule has 0 aliphatic rings. The molecule has 0 aliphatic carbocycles. The molecule has 4 N–H and O–H groups in total. The van der Waals surface area contributed by atoms with Gasteiger partial charge in [-0.3, -0.25) is 0 Å². The lowest BCUT2D eigenvalue weighted by Gasteiger charge is -2.15. The largest absolute Gasteiger partial charge is 0.390 e. The summed E-state index contributed by atoms with van der Waals surface area (Å²) in [7, 11) is 0. The van der Waals surface area contributed by atoms with Crippen molar-refractivity contribution in [3.05, 3.63) is 17.2 Å². The number of aliphatic hydroxyl groups excluding tert-OH is 2. The molecule has 1 unspecified atom stereocenters. The third kappa shape index (κ3) is 1.79. The van der Waals surface area contributed by atoms with Crippen LogP contribution in [0.4, 0.5) is 0 Å². The van der Waals surface area contributed by atoms with Crippen LogP contribution >= 0.6 is 0 Å². The number of hydrogen-bond acceptors (Lipinski definition) is 4. The molecule has 0 saturated carbocycles. The van der Waals surface area contributed by atoms with Gasteiger partial charge in [-0.1, -0.05) is 6.92 Å². The summed E-state index contributed by atoms with van der Waals surface area (Å²) in [6, 6.07) is 0. The number of imidazole rings is 1. The highest BCUT2D eigenvalue weighted by Crippen LogP contribution is 2.17. The van der Waals surface area contributed by atoms with Crippen molar-refractivity contribution in [3.63, 3.8) is 0 Å². The molecule has 0 bridgehead atoms. The zero-order valence-corrected chi connectivity index (χ0v) is 8.56. The van der Waals surface area contributed by atoms with Crippen LogP contribution in [0.2, 0.25) is 0 Å². The van der Waals surface area contributed by atoms with Gasteiger partial charge in [0.2, 0.25) is 0 Å². The van der Waals surface area contributed by atoms with Crippen LogP contribution in [-0.2, 0) is 13.2 Å². The van der Waals surface area contributed by atoms with E-state index in [-0.39, 0.29) is 19.4 Å². The van der Waals surface area contributed by atoms with Crippen molar-refractivity contribution in [1.82, 2.24) is 9.55 Å². The number of aromatic nitrogens is 2. The second kappa shape index (κ2) is 4.54. The first-order valence-corrected chi connectivity index (χ1v) is 4.69. The second-order valence-corrected chi connectivity index (χ2v) is 3.21. The van der Waals surface area contributed by atoms with E-state index in [9.17, 15) is 0 Å². The molecule has 0 radical (unpaired) electrons. The molecule has 1 rings (SSSR count). The maximum atomic E-state index is 9.16. The number of hydrogen-bond donors (Lipinski definition) is 3. The van der Waals surface area contributed by atoms with E-state index in [2.05, 4.69) is 4.98 Å². The average molecular weight is 199 g/mol. The molecule has 1 heterocycles. The molecule has 0 fully saturated rings. The first-order chi connectivity index (χ1) is 6.65. The summed E-state index contributed by atoms with van der Waals surface area (Å²) >= 11 is 0. The van der Waals surface area contributed by atoms with Crippen LogP contribution in [0.15, 0.2) is 0 Å². The maximum absolute atomic E-state index is 9.16. The molecule has 1 aromatic heterocycles. The fourth-order valence-corrected chi connectivity index (χ4v) is 1.56. The quantitative estimate of drug-likeness (QED) is 0.639. The predicted molar refractivity (Wildman–Crippen MR) is 52.3 cm³/mol. The minimum atomic E-state index is -0.190. The Hall–Kier alpha value is -0.910. The van der Waals surface area contributed by atoms with E-state index in [1.807, 2.05) is 13.8 Å². The Labute approximate surface area is 83.2 Å². The van der Waals surface area contributed by atoms with Gasteiger partial charge in [0.05, 0.1) is 30.8 Å². The van der Waals surface area contributed by atoms with Crippen molar-refractivity contribution in [3.8, 4) is 0 Å². The van der Waals surface area contributed by atoms with Crippen LogP contribution in [0.5, 0.6) is 0 Å². The summed E-state index contributed by atoms with van der Waals surface area (Å²) in [5.74, 6) is 0.729. The molecule has 80 valence electrons. The van der Waals surface area contributed by atoms with Gasteiger partial charge in [0.25, 0.3) is 0 Å². The van der Waals surface area contributed by atoms with Gasteiger partial charge in [0.1, 0.15) is 5.82 Å². The summed E-state index contributed by atoms with van der Waals surface area (Å²) in [5, 5.41) is 18.2. The van der Waals surface area contributed by atoms with Crippen molar-refractivity contribution in [2.75, 3.05) is 0 Å². The summed E-state index contributed by atoms with van der Waals surface area (Å²) < 4.78 is 1.77. The van der Waals surface area contributed by atoms with Gasteiger partial charge in [0.15, 0.2) is 0 Å². The first-order valence-electron chi connectivity index (χ1n) is 4.69. The number of aryl methyl sites for hydroxylation is 1. The van der Waals surface area contributed by atoms with Crippen LogP contribution in [0, 0.1) is 6.92 Å². The predicted octanol–water partition coefficient (Wildman–Crippen LogP) is 0.0434. The van der Waals surface area contributed by atoms with Gasteiger partial charge < -0.3 is 20.5 Å². The van der Waals surface area contributed by atoms with Gasteiger partial charge in [-0.15, -0.1) is 0 Å². The normalized spacial score (nSPS) is 13.2. The topological polar surface area (TPSA) is 84.3 Å². The SMILES string of the molecule is CCC(N)n1c(C)nc(CO)c1CO. The molecule has 14 heavy (non-hydrogen) atoms. The van der Waals surface area contributed by atoms with Crippen LogP contribution in [0.3, 0.4) is 0 Å². The van der Waals surface area contributed by atoms with Crippen LogP contribution in [0.25, 0.3) is 0 Å². The lowest BCUT2D eigenvalue weighted by atomic mass is 10.3. The highest BCUT2D eigenvalue weighted by molar-refractivity contribution is 5.16. The molecule has 1 aromatic rings. The molecule has 0 aliphatic heterocycles. The highest BCUT2D eigenvalue weighted by Gasteiger charge is 2.16. The molecule has 0 saturated heterocycles. The molecular formula is C9H17N3O2. The summed E-state index contributed by atoms with van der Waals surface area (Å²) in [5.41, 5.74) is 6.99. The Morgan fingerprint density at radius 1 is 1.43 bits per heavy atom. The summed E-state index contributed by atoms with van der Waals surface area (Å²) in [4.78, 5) is 4.14. The van der Waals surface area contributed by atoms with E-state index in [4.69, 9.17) is 15.9 Å². The Morgan fingerprint density at radius 3 is 2.50 bits per heavy atom. The van der Waals surface area contributed by atoms with E-state index in [1.54, 1.807) is 4.57 Å². The standard InChI is InChI=1S/C9H17N3O2/c1-3-9(10)12-6(2)11-7(4-13)8(12)5-14/h9,13-14H,3-5,10H2,1-2H3. The van der Waals surface area contributed by atoms with Gasteiger partial charge in [-0.2, -0.15) is 0 Å². The maximum Gasteiger partial charge on any atom is 0.107 e. The van der Waals surface area contributed by atoms with Crippen LogP contribution in [0.1, 0.15) is 36.7 Å². The molecule has 0 amide bonds. The van der Waals surface area contributed by atoms with E-state index in [0.29, 0.717) is 11.4 Å². The van der Waals surface area contributed by atoms with Crippen molar-refractivity contribution in [1.29, 1.82) is 0 Å². The minimum Gasteiger partial charge on any atom is -0.390 e. The third-order valence-electron chi connectivity index (χ3n) is 2.32. The molecule has 0 aromatic carbocycles. The smallest absolute Gasteiger partial charge is 0.107 e. The Balaban J connectivity index is 3.18. The number of nitrogens with two attached hydrogens (primary N) is 1. The Morgan fingerprint density at radius 2 is 2.07 bits per heavy atom. The minimum absolute atomic E-state index is 0.148. The lowest BCUT2D eigenvalue weighted by molar-refractivity contribution is 0.247. The van der Waals surface area contributed by atoms with Crippen molar-refractivity contribution >= 4 is 0 Å². The number of nitrogens with zero attached hydrogens (tertiary/aromatic N) is 2. The number of aliphatic hydroxyl groups is 2. The van der Waals surface area contributed by atoms with Gasteiger partial charge in [0, 0.05) is 0 Å². The fourth-order valence-electron chi connectivity index (χ4n) is 1.56. The van der Waals surface area contributed by atoms with Crippen LogP contribution < -0.4 is 5.73 Å². The Kier molecular flexibility index (Phi) is 3.62. The van der Waals surface area contributed by atoms with E-state index in [0.717, 1.165) is 12.2 Å².